The molecule has 0 aromatic carbocycles. The lowest BCUT2D eigenvalue weighted by atomic mass is 9.82. The van der Waals surface area contributed by atoms with Crippen LogP contribution in [0, 0.1) is 35.5 Å². The maximum Gasteiger partial charge on any atom is 0.345 e. The van der Waals surface area contributed by atoms with Gasteiger partial charge < -0.3 is 9.47 Å². The molecular weight excluding hydrogens is 348 g/mol. The summed E-state index contributed by atoms with van der Waals surface area (Å²) in [6.45, 7) is 14.4. The van der Waals surface area contributed by atoms with E-state index in [9.17, 15) is 17.6 Å². The summed E-state index contributed by atoms with van der Waals surface area (Å²) in [4.78, 5) is 0. The van der Waals surface area contributed by atoms with Crippen molar-refractivity contribution in [2.45, 2.75) is 94.7 Å². The topological polar surface area (TPSA) is 18.5 Å². The Hall–Kier alpha value is -0.360. The first-order valence-electron chi connectivity index (χ1n) is 9.59. The highest BCUT2D eigenvalue weighted by Gasteiger charge is 2.27. The van der Waals surface area contributed by atoms with Crippen LogP contribution < -0.4 is 0 Å². The van der Waals surface area contributed by atoms with E-state index in [-0.39, 0.29) is 24.0 Å². The molecule has 0 aliphatic carbocycles. The molecule has 0 fully saturated rings. The summed E-state index contributed by atoms with van der Waals surface area (Å²) in [5, 5.41) is 0. The predicted molar refractivity (Wildman–Crippen MR) is 99.4 cm³/mol. The molecule has 2 unspecified atom stereocenters. The Kier molecular flexibility index (Phi) is 14.7. The van der Waals surface area contributed by atoms with Gasteiger partial charge in [0.15, 0.2) is 0 Å². The largest absolute Gasteiger partial charge is 0.345 e. The first-order chi connectivity index (χ1) is 11.7. The molecule has 0 N–H and O–H groups in total. The highest BCUT2D eigenvalue weighted by molar-refractivity contribution is 4.73. The lowest BCUT2D eigenvalue weighted by Gasteiger charge is -2.30. The van der Waals surface area contributed by atoms with Crippen molar-refractivity contribution in [3.8, 4) is 0 Å². The first-order valence-corrected chi connectivity index (χ1v) is 9.59. The summed E-state index contributed by atoms with van der Waals surface area (Å²) >= 11 is 0. The number of ether oxygens (including phenoxy) is 2. The predicted octanol–water partition coefficient (Wildman–Crippen LogP) is 7.08. The van der Waals surface area contributed by atoms with Crippen molar-refractivity contribution < 1.29 is 27.0 Å². The molecule has 6 heteroatoms. The van der Waals surface area contributed by atoms with E-state index < -0.39 is 13.2 Å². The second kappa shape index (κ2) is 13.8. The van der Waals surface area contributed by atoms with Gasteiger partial charge in [-0.1, -0.05) is 55.4 Å². The molecule has 0 heterocycles. The molecule has 0 amide bonds. The van der Waals surface area contributed by atoms with Crippen LogP contribution in [0.4, 0.5) is 17.6 Å². The third kappa shape index (κ3) is 12.1. The Morgan fingerprint density at radius 3 is 0.731 bits per heavy atom. The zero-order valence-corrected chi connectivity index (χ0v) is 18.1. The summed E-state index contributed by atoms with van der Waals surface area (Å²) < 4.78 is 56.8. The zero-order valence-electron chi connectivity index (χ0n) is 18.1. The van der Waals surface area contributed by atoms with Gasteiger partial charge in [-0.3, -0.25) is 0 Å². The molecule has 26 heavy (non-hydrogen) atoms. The van der Waals surface area contributed by atoms with Gasteiger partial charge in [-0.2, -0.15) is 17.6 Å². The van der Waals surface area contributed by atoms with Crippen molar-refractivity contribution in [2.75, 3.05) is 0 Å². The van der Waals surface area contributed by atoms with Gasteiger partial charge in [0, 0.05) is 0 Å². The highest BCUT2D eigenvalue weighted by atomic mass is 19.3. The normalized spacial score (nSPS) is 15.0. The van der Waals surface area contributed by atoms with E-state index in [2.05, 4.69) is 9.47 Å². The average Bonchev–Trinajstić information content (AvgIpc) is 2.34. The Bertz CT molecular complexity index is 286. The van der Waals surface area contributed by atoms with Gasteiger partial charge in [-0.15, -0.1) is 0 Å². The fraction of sp³-hybridized carbons (Fsp3) is 1.00. The van der Waals surface area contributed by atoms with Crippen LogP contribution in [0.5, 0.6) is 0 Å². The Balaban J connectivity index is 0. The molecule has 0 radical (unpaired) electrons. The molecule has 0 aliphatic rings. The lowest BCUT2D eigenvalue weighted by molar-refractivity contribution is -0.179. The zero-order chi connectivity index (χ0) is 21.2. The molecule has 2 nitrogen and oxygen atoms in total. The average molecular weight is 389 g/mol. The van der Waals surface area contributed by atoms with Crippen molar-refractivity contribution in [3.63, 3.8) is 0 Å². The second-order valence-electron chi connectivity index (χ2n) is 8.33. The SMILES string of the molecule is CC(C)C(C(C)C)C(C)OC(F)F.CC(C)C(C(C)C)C(C)OC(F)F. The Morgan fingerprint density at radius 1 is 0.423 bits per heavy atom. The van der Waals surface area contributed by atoms with Gasteiger partial charge in [-0.05, 0) is 49.4 Å². The molecule has 0 saturated carbocycles. The fourth-order valence-electron chi connectivity index (χ4n) is 4.21. The van der Waals surface area contributed by atoms with Crippen molar-refractivity contribution in [3.05, 3.63) is 0 Å². The first kappa shape index (κ1) is 27.9. The van der Waals surface area contributed by atoms with E-state index in [1.165, 1.54) is 0 Å². The number of alkyl halides is 4. The minimum absolute atomic E-state index is 0.189. The highest BCUT2D eigenvalue weighted by Crippen LogP contribution is 2.28. The summed E-state index contributed by atoms with van der Waals surface area (Å²) in [7, 11) is 0. The molecule has 0 spiro atoms. The molecule has 0 aliphatic heterocycles. The van der Waals surface area contributed by atoms with Crippen LogP contribution >= 0.6 is 0 Å². The van der Waals surface area contributed by atoms with Crippen LogP contribution in [0.3, 0.4) is 0 Å². The number of halogens is 4. The van der Waals surface area contributed by atoms with E-state index in [1.54, 1.807) is 13.8 Å². The molecule has 0 rings (SSSR count). The van der Waals surface area contributed by atoms with Crippen LogP contribution in [-0.4, -0.2) is 25.4 Å². The number of hydrogen-bond donors (Lipinski definition) is 0. The molecule has 0 aromatic heterocycles. The van der Waals surface area contributed by atoms with Gasteiger partial charge >= 0.3 is 13.2 Å². The van der Waals surface area contributed by atoms with Gasteiger partial charge in [0.2, 0.25) is 0 Å². The Labute approximate surface area is 158 Å². The van der Waals surface area contributed by atoms with Crippen LogP contribution in [0.1, 0.15) is 69.2 Å². The minimum atomic E-state index is -2.66. The van der Waals surface area contributed by atoms with E-state index in [4.69, 9.17) is 0 Å². The van der Waals surface area contributed by atoms with Crippen molar-refractivity contribution in [1.29, 1.82) is 0 Å². The van der Waals surface area contributed by atoms with Gasteiger partial charge in [0.05, 0.1) is 12.2 Å². The number of hydrogen-bond acceptors (Lipinski definition) is 2. The Morgan fingerprint density at radius 2 is 0.615 bits per heavy atom. The van der Waals surface area contributed by atoms with Gasteiger partial charge in [-0.25, -0.2) is 0 Å². The molecule has 0 bridgehead atoms. The van der Waals surface area contributed by atoms with Crippen LogP contribution in [0.2, 0.25) is 0 Å². The van der Waals surface area contributed by atoms with Crippen LogP contribution in [-0.2, 0) is 9.47 Å². The minimum Gasteiger partial charge on any atom is -0.320 e. The van der Waals surface area contributed by atoms with Gasteiger partial charge in [0.25, 0.3) is 0 Å². The molecule has 160 valence electrons. The lowest BCUT2D eigenvalue weighted by Crippen LogP contribution is -2.31. The quantitative estimate of drug-likeness (QED) is 0.372. The smallest absolute Gasteiger partial charge is 0.320 e. The third-order valence-corrected chi connectivity index (χ3v) is 4.80. The standard InChI is InChI=1S/2C10H20F2O/c2*1-6(2)9(7(3)4)8(5)13-10(11)12/h2*6-10H,1-5H3. The monoisotopic (exact) mass is 388 g/mol. The van der Waals surface area contributed by atoms with E-state index in [0.29, 0.717) is 23.7 Å². The van der Waals surface area contributed by atoms with E-state index in [0.717, 1.165) is 0 Å². The fourth-order valence-corrected chi connectivity index (χ4v) is 4.21. The molecule has 0 saturated heterocycles. The molecular formula is C20H40F4O2. The van der Waals surface area contributed by atoms with Crippen LogP contribution in [0.25, 0.3) is 0 Å². The van der Waals surface area contributed by atoms with Crippen LogP contribution in [0.15, 0.2) is 0 Å². The maximum absolute atomic E-state index is 12.0. The van der Waals surface area contributed by atoms with Gasteiger partial charge in [0.1, 0.15) is 0 Å². The van der Waals surface area contributed by atoms with E-state index >= 15 is 0 Å². The third-order valence-electron chi connectivity index (χ3n) is 4.80. The maximum atomic E-state index is 12.0. The van der Waals surface area contributed by atoms with E-state index in [1.807, 2.05) is 55.4 Å². The summed E-state index contributed by atoms with van der Waals surface area (Å²) in [5.41, 5.74) is 0. The second-order valence-corrected chi connectivity index (χ2v) is 8.33. The summed E-state index contributed by atoms with van der Waals surface area (Å²) in [5.74, 6) is 1.85. The number of rotatable bonds is 10. The van der Waals surface area contributed by atoms with Crippen molar-refractivity contribution in [2.24, 2.45) is 35.5 Å². The summed E-state index contributed by atoms with van der Waals surface area (Å²) in [6, 6.07) is 0. The van der Waals surface area contributed by atoms with Crippen molar-refractivity contribution >= 4 is 0 Å². The molecule has 0 aromatic rings. The molecule has 2 atom stereocenters. The summed E-state index contributed by atoms with van der Waals surface area (Å²) in [6.07, 6.45) is -0.750. The van der Waals surface area contributed by atoms with Crippen molar-refractivity contribution in [1.82, 2.24) is 0 Å².